The highest BCUT2D eigenvalue weighted by atomic mass is 16.2. The van der Waals surface area contributed by atoms with Crippen molar-refractivity contribution >= 4 is 17.3 Å². The molecule has 4 heteroatoms. The summed E-state index contributed by atoms with van der Waals surface area (Å²) in [7, 11) is 0. The maximum absolute atomic E-state index is 12.4. The normalized spacial score (nSPS) is 11.3. The molecule has 0 heterocycles. The fraction of sp³-hybridized carbons (Fsp3) is 0.529. The lowest BCUT2D eigenvalue weighted by atomic mass is 10.2. The van der Waals surface area contributed by atoms with Crippen LogP contribution in [0.2, 0.25) is 0 Å². The number of carbonyl (C=O) groups excluding carboxylic acids is 1. The molecule has 1 amide bonds. The molecule has 0 fully saturated rings. The van der Waals surface area contributed by atoms with Crippen LogP contribution in [0.25, 0.3) is 0 Å². The molecule has 0 bridgehead atoms. The lowest BCUT2D eigenvalue weighted by Gasteiger charge is -2.22. The quantitative estimate of drug-likeness (QED) is 0.553. The van der Waals surface area contributed by atoms with Gasteiger partial charge in [0.1, 0.15) is 5.71 Å². The van der Waals surface area contributed by atoms with Crippen molar-refractivity contribution in [2.45, 2.75) is 46.5 Å². The molecule has 116 valence electrons. The largest absolute Gasteiger partial charge is 0.338 e. The van der Waals surface area contributed by atoms with Crippen LogP contribution < -0.4 is 5.43 Å². The van der Waals surface area contributed by atoms with Crippen molar-refractivity contribution in [1.82, 2.24) is 4.90 Å². The molecule has 0 saturated heterocycles. The topological polar surface area (TPSA) is 44.7 Å². The zero-order valence-corrected chi connectivity index (χ0v) is 13.4. The van der Waals surface area contributed by atoms with E-state index in [0.717, 1.165) is 44.5 Å². The Hall–Kier alpha value is -1.84. The number of amides is 1. The van der Waals surface area contributed by atoms with Gasteiger partial charge in [0.15, 0.2) is 0 Å². The third-order valence-corrected chi connectivity index (χ3v) is 3.29. The summed E-state index contributed by atoms with van der Waals surface area (Å²) < 4.78 is 0. The highest BCUT2D eigenvalue weighted by molar-refractivity contribution is 6.37. The smallest absolute Gasteiger partial charge is 0.269 e. The third kappa shape index (κ3) is 6.43. The number of para-hydroxylation sites is 1. The van der Waals surface area contributed by atoms with Crippen molar-refractivity contribution in [1.29, 1.82) is 0 Å². The Morgan fingerprint density at radius 2 is 1.67 bits per heavy atom. The molecule has 1 aromatic carbocycles. The number of nitrogens with one attached hydrogen (secondary N) is 1. The van der Waals surface area contributed by atoms with Crippen molar-refractivity contribution < 1.29 is 4.79 Å². The van der Waals surface area contributed by atoms with E-state index in [9.17, 15) is 4.79 Å². The number of rotatable bonds is 9. The standard InChI is InChI=1S/C17H27N3O/c1-4-6-13-20(14-7-5-2)17(21)15(3)18-19-16-11-9-8-10-12-16/h8-12,19H,4-7,13-14H2,1-3H3/b18-15+. The summed E-state index contributed by atoms with van der Waals surface area (Å²) in [6.07, 6.45) is 4.26. The van der Waals surface area contributed by atoms with Crippen molar-refractivity contribution in [3.05, 3.63) is 30.3 Å². The van der Waals surface area contributed by atoms with Crippen LogP contribution in [0, 0.1) is 0 Å². The molecule has 0 atom stereocenters. The second-order valence-electron chi connectivity index (χ2n) is 5.17. The molecule has 4 nitrogen and oxygen atoms in total. The highest BCUT2D eigenvalue weighted by Gasteiger charge is 2.15. The molecule has 1 aromatic rings. The molecular formula is C17H27N3O. The van der Waals surface area contributed by atoms with Gasteiger partial charge in [-0.3, -0.25) is 10.2 Å². The first kappa shape index (κ1) is 17.2. The minimum Gasteiger partial charge on any atom is -0.338 e. The Labute approximate surface area is 128 Å². The van der Waals surface area contributed by atoms with E-state index >= 15 is 0 Å². The maximum atomic E-state index is 12.4. The highest BCUT2D eigenvalue weighted by Crippen LogP contribution is 2.06. The molecule has 0 aliphatic carbocycles. The lowest BCUT2D eigenvalue weighted by Crippen LogP contribution is -2.37. The van der Waals surface area contributed by atoms with Gasteiger partial charge in [0.25, 0.3) is 5.91 Å². The Bertz CT molecular complexity index is 435. The Kier molecular flexibility index (Phi) is 8.17. The van der Waals surface area contributed by atoms with Gasteiger partial charge in [0.05, 0.1) is 5.69 Å². The van der Waals surface area contributed by atoms with Gasteiger partial charge in [0.2, 0.25) is 0 Å². The molecular weight excluding hydrogens is 262 g/mol. The van der Waals surface area contributed by atoms with Crippen molar-refractivity contribution in [2.24, 2.45) is 5.10 Å². The van der Waals surface area contributed by atoms with E-state index in [1.165, 1.54) is 0 Å². The van der Waals surface area contributed by atoms with Gasteiger partial charge in [-0.2, -0.15) is 5.10 Å². The van der Waals surface area contributed by atoms with Gasteiger partial charge < -0.3 is 4.90 Å². The number of hydrogen-bond donors (Lipinski definition) is 1. The van der Waals surface area contributed by atoms with E-state index in [4.69, 9.17) is 0 Å². The zero-order valence-electron chi connectivity index (χ0n) is 13.4. The lowest BCUT2D eigenvalue weighted by molar-refractivity contribution is -0.124. The molecule has 1 rings (SSSR count). The van der Waals surface area contributed by atoms with Crippen LogP contribution in [0.4, 0.5) is 5.69 Å². The second kappa shape index (κ2) is 9.97. The summed E-state index contributed by atoms with van der Waals surface area (Å²) in [4.78, 5) is 14.3. The predicted octanol–water partition coefficient (Wildman–Crippen LogP) is 3.90. The number of hydrazone groups is 1. The first-order valence-corrected chi connectivity index (χ1v) is 7.83. The summed E-state index contributed by atoms with van der Waals surface area (Å²) in [5.41, 5.74) is 4.33. The van der Waals surface area contributed by atoms with E-state index in [1.54, 1.807) is 6.92 Å². The number of anilines is 1. The molecule has 0 aliphatic heterocycles. The summed E-state index contributed by atoms with van der Waals surface area (Å²) in [6.45, 7) is 7.67. The second-order valence-corrected chi connectivity index (χ2v) is 5.17. The first-order chi connectivity index (χ1) is 10.2. The van der Waals surface area contributed by atoms with Gasteiger partial charge in [-0.05, 0) is 31.9 Å². The van der Waals surface area contributed by atoms with E-state index in [2.05, 4.69) is 24.4 Å². The van der Waals surface area contributed by atoms with E-state index in [0.29, 0.717) is 5.71 Å². The Balaban J connectivity index is 2.62. The van der Waals surface area contributed by atoms with Crippen molar-refractivity contribution in [3.8, 4) is 0 Å². The molecule has 0 unspecified atom stereocenters. The average Bonchev–Trinajstić information content (AvgIpc) is 2.53. The average molecular weight is 289 g/mol. The van der Waals surface area contributed by atoms with E-state index < -0.39 is 0 Å². The third-order valence-electron chi connectivity index (χ3n) is 3.29. The number of hydrogen-bond acceptors (Lipinski definition) is 3. The summed E-state index contributed by atoms with van der Waals surface area (Å²) in [5.74, 6) is 0.0281. The van der Waals surface area contributed by atoms with E-state index in [1.807, 2.05) is 35.2 Å². The zero-order chi connectivity index (χ0) is 15.5. The summed E-state index contributed by atoms with van der Waals surface area (Å²) in [6, 6.07) is 9.66. The molecule has 0 radical (unpaired) electrons. The number of nitrogens with zero attached hydrogens (tertiary/aromatic N) is 2. The van der Waals surface area contributed by atoms with Gasteiger partial charge in [-0.25, -0.2) is 0 Å². The van der Waals surface area contributed by atoms with Gasteiger partial charge >= 0.3 is 0 Å². The molecule has 0 aliphatic rings. The molecule has 1 N–H and O–H groups in total. The van der Waals surface area contributed by atoms with Crippen LogP contribution in [-0.2, 0) is 4.79 Å². The van der Waals surface area contributed by atoms with Gasteiger partial charge in [-0.15, -0.1) is 0 Å². The van der Waals surface area contributed by atoms with Crippen LogP contribution in [0.3, 0.4) is 0 Å². The van der Waals surface area contributed by atoms with Crippen molar-refractivity contribution in [3.63, 3.8) is 0 Å². The molecule has 21 heavy (non-hydrogen) atoms. The van der Waals surface area contributed by atoms with Crippen LogP contribution in [-0.4, -0.2) is 29.6 Å². The van der Waals surface area contributed by atoms with Crippen molar-refractivity contribution in [2.75, 3.05) is 18.5 Å². The summed E-state index contributed by atoms with van der Waals surface area (Å²) >= 11 is 0. The molecule has 0 aromatic heterocycles. The number of benzene rings is 1. The monoisotopic (exact) mass is 289 g/mol. The van der Waals surface area contributed by atoms with E-state index in [-0.39, 0.29) is 5.91 Å². The molecule has 0 saturated carbocycles. The first-order valence-electron chi connectivity index (χ1n) is 7.83. The minimum atomic E-state index is 0.0281. The maximum Gasteiger partial charge on any atom is 0.269 e. The Morgan fingerprint density at radius 1 is 1.10 bits per heavy atom. The number of unbranched alkanes of at least 4 members (excludes halogenated alkanes) is 2. The number of carbonyl (C=O) groups is 1. The van der Waals surface area contributed by atoms with Crippen LogP contribution in [0.15, 0.2) is 35.4 Å². The minimum absolute atomic E-state index is 0.0281. The van der Waals surface area contributed by atoms with Gasteiger partial charge in [0, 0.05) is 13.1 Å². The predicted molar refractivity (Wildman–Crippen MR) is 89.6 cm³/mol. The SMILES string of the molecule is CCCCN(CCCC)C(=O)/C(C)=N/Nc1ccccc1. The van der Waals surface area contributed by atoms with Crippen LogP contribution >= 0.6 is 0 Å². The Morgan fingerprint density at radius 3 is 2.19 bits per heavy atom. The van der Waals surface area contributed by atoms with Crippen LogP contribution in [0.5, 0.6) is 0 Å². The molecule has 0 spiro atoms. The van der Waals surface area contributed by atoms with Gasteiger partial charge in [-0.1, -0.05) is 44.9 Å². The summed E-state index contributed by atoms with van der Waals surface area (Å²) in [5, 5.41) is 4.21. The fourth-order valence-corrected chi connectivity index (χ4v) is 1.95. The van der Waals surface area contributed by atoms with Crippen LogP contribution in [0.1, 0.15) is 46.5 Å². The fourth-order valence-electron chi connectivity index (χ4n) is 1.95.